The lowest BCUT2D eigenvalue weighted by molar-refractivity contribution is -0.384. The highest BCUT2D eigenvalue weighted by molar-refractivity contribution is 7.89. The topological polar surface area (TPSA) is 158 Å². The van der Waals surface area contributed by atoms with E-state index in [9.17, 15) is 18.5 Å². The van der Waals surface area contributed by atoms with Crippen LogP contribution < -0.4 is 24.8 Å². The van der Waals surface area contributed by atoms with E-state index in [-0.39, 0.29) is 22.3 Å². The fourth-order valence-corrected chi connectivity index (χ4v) is 3.62. The quantitative estimate of drug-likeness (QED) is 0.320. The minimum atomic E-state index is -3.83. The SMILES string of the molecule is CNS(=O)(=O)c1ccccc1Nc1nc(Nc2cc(OC)ccc2OC)ncc1[N+](=O)[O-]. The minimum absolute atomic E-state index is 0.0126. The van der Waals surface area contributed by atoms with Crippen LogP contribution in [0.3, 0.4) is 0 Å². The van der Waals surface area contributed by atoms with Crippen LogP contribution >= 0.6 is 0 Å². The van der Waals surface area contributed by atoms with Crippen molar-refractivity contribution in [3.05, 3.63) is 58.8 Å². The fourth-order valence-electron chi connectivity index (χ4n) is 2.74. The molecule has 13 heteroatoms. The van der Waals surface area contributed by atoms with Crippen LogP contribution in [0.5, 0.6) is 11.5 Å². The number of hydrogen-bond donors (Lipinski definition) is 3. The van der Waals surface area contributed by atoms with Crippen molar-refractivity contribution in [1.29, 1.82) is 0 Å². The van der Waals surface area contributed by atoms with E-state index >= 15 is 0 Å². The molecule has 0 unspecified atom stereocenters. The Kier molecular flexibility index (Phi) is 6.70. The lowest BCUT2D eigenvalue weighted by Crippen LogP contribution is -2.19. The fraction of sp³-hybridized carbons (Fsp3) is 0.158. The van der Waals surface area contributed by atoms with Crippen LogP contribution in [0.4, 0.5) is 28.8 Å². The first kappa shape index (κ1) is 22.7. The summed E-state index contributed by atoms with van der Waals surface area (Å²) in [7, 11) is 0.426. The van der Waals surface area contributed by atoms with E-state index in [2.05, 4.69) is 25.3 Å². The van der Waals surface area contributed by atoms with Crippen molar-refractivity contribution < 1.29 is 22.8 Å². The van der Waals surface area contributed by atoms with E-state index in [1.165, 1.54) is 39.5 Å². The van der Waals surface area contributed by atoms with Crippen molar-refractivity contribution in [2.45, 2.75) is 4.90 Å². The standard InChI is InChI=1S/C19H20N6O6S/c1-20-32(28,29)17-7-5-4-6-13(17)22-18-15(25(26)27)11-21-19(24-18)23-14-10-12(30-2)8-9-16(14)31-3/h4-11,20H,1-3H3,(H2,21,22,23,24). The molecule has 3 rings (SSSR count). The van der Waals surface area contributed by atoms with Crippen LogP contribution in [-0.2, 0) is 10.0 Å². The number of nitro groups is 1. The van der Waals surface area contributed by atoms with Crippen LogP contribution in [0.1, 0.15) is 0 Å². The Hall–Kier alpha value is -3.97. The van der Waals surface area contributed by atoms with Gasteiger partial charge in [-0.15, -0.1) is 0 Å². The maximum Gasteiger partial charge on any atom is 0.329 e. The molecular weight excluding hydrogens is 440 g/mol. The smallest absolute Gasteiger partial charge is 0.329 e. The monoisotopic (exact) mass is 460 g/mol. The molecular formula is C19H20N6O6S. The molecule has 0 atom stereocenters. The van der Waals surface area contributed by atoms with Crippen molar-refractivity contribution in [2.24, 2.45) is 0 Å². The predicted molar refractivity (Wildman–Crippen MR) is 117 cm³/mol. The summed E-state index contributed by atoms with van der Waals surface area (Å²) in [5, 5.41) is 17.2. The highest BCUT2D eigenvalue weighted by atomic mass is 32.2. The summed E-state index contributed by atoms with van der Waals surface area (Å²) in [5.74, 6) is 0.819. The normalized spacial score (nSPS) is 11.0. The van der Waals surface area contributed by atoms with Gasteiger partial charge >= 0.3 is 5.69 Å². The average molecular weight is 460 g/mol. The number of rotatable bonds is 9. The number of benzene rings is 2. The second kappa shape index (κ2) is 9.45. The van der Waals surface area contributed by atoms with Gasteiger partial charge in [-0.1, -0.05) is 12.1 Å². The molecule has 3 aromatic rings. The molecule has 12 nitrogen and oxygen atoms in total. The molecule has 0 spiro atoms. The van der Waals surface area contributed by atoms with Gasteiger partial charge < -0.3 is 20.1 Å². The van der Waals surface area contributed by atoms with Gasteiger partial charge in [0.15, 0.2) is 0 Å². The van der Waals surface area contributed by atoms with E-state index in [1.54, 1.807) is 24.3 Å². The van der Waals surface area contributed by atoms with Crippen molar-refractivity contribution in [3.63, 3.8) is 0 Å². The van der Waals surface area contributed by atoms with Crippen molar-refractivity contribution >= 4 is 38.9 Å². The zero-order valence-electron chi connectivity index (χ0n) is 17.3. The second-order valence-electron chi connectivity index (χ2n) is 6.20. The highest BCUT2D eigenvalue weighted by Gasteiger charge is 2.22. The molecule has 0 bridgehead atoms. The van der Waals surface area contributed by atoms with E-state index < -0.39 is 20.6 Å². The van der Waals surface area contributed by atoms with Gasteiger partial charge in [-0.3, -0.25) is 10.1 Å². The maximum absolute atomic E-state index is 12.3. The number of sulfonamides is 1. The first-order valence-electron chi connectivity index (χ1n) is 9.09. The average Bonchev–Trinajstić information content (AvgIpc) is 2.79. The summed E-state index contributed by atoms with van der Waals surface area (Å²) >= 11 is 0. The van der Waals surface area contributed by atoms with Gasteiger partial charge in [0.1, 0.15) is 22.6 Å². The summed E-state index contributed by atoms with van der Waals surface area (Å²) in [4.78, 5) is 18.9. The molecule has 0 fully saturated rings. The summed E-state index contributed by atoms with van der Waals surface area (Å²) < 4.78 is 37.3. The number of aromatic nitrogens is 2. The predicted octanol–water partition coefficient (Wildman–Crippen LogP) is 2.80. The Morgan fingerprint density at radius 1 is 1.03 bits per heavy atom. The Bertz CT molecular complexity index is 1250. The van der Waals surface area contributed by atoms with Crippen LogP contribution in [0.15, 0.2) is 53.6 Å². The third-order valence-electron chi connectivity index (χ3n) is 4.32. The summed E-state index contributed by atoms with van der Waals surface area (Å²) in [6, 6.07) is 11.0. The lowest BCUT2D eigenvalue weighted by atomic mass is 10.2. The molecule has 168 valence electrons. The number of methoxy groups -OCH3 is 2. The molecule has 0 saturated heterocycles. The Morgan fingerprint density at radius 2 is 1.78 bits per heavy atom. The summed E-state index contributed by atoms with van der Waals surface area (Å²) in [6.45, 7) is 0. The number of ether oxygens (including phenoxy) is 2. The van der Waals surface area contributed by atoms with E-state index in [0.717, 1.165) is 6.20 Å². The molecule has 0 radical (unpaired) electrons. The molecule has 3 N–H and O–H groups in total. The van der Waals surface area contributed by atoms with Gasteiger partial charge in [0.05, 0.1) is 30.5 Å². The van der Waals surface area contributed by atoms with E-state index in [1.807, 2.05) is 0 Å². The van der Waals surface area contributed by atoms with Crippen molar-refractivity contribution in [2.75, 3.05) is 31.9 Å². The lowest BCUT2D eigenvalue weighted by Gasteiger charge is -2.14. The third kappa shape index (κ3) is 4.84. The summed E-state index contributed by atoms with van der Waals surface area (Å²) in [5.41, 5.74) is 0.128. The van der Waals surface area contributed by atoms with Crippen molar-refractivity contribution in [3.8, 4) is 11.5 Å². The number of nitrogens with one attached hydrogen (secondary N) is 3. The van der Waals surface area contributed by atoms with Gasteiger partial charge in [0, 0.05) is 6.07 Å². The van der Waals surface area contributed by atoms with Gasteiger partial charge in [-0.25, -0.2) is 18.1 Å². The van der Waals surface area contributed by atoms with E-state index in [0.29, 0.717) is 17.2 Å². The van der Waals surface area contributed by atoms with Crippen LogP contribution in [0.2, 0.25) is 0 Å². The molecule has 0 amide bonds. The second-order valence-corrected chi connectivity index (χ2v) is 8.06. The van der Waals surface area contributed by atoms with Crippen LogP contribution in [0.25, 0.3) is 0 Å². The van der Waals surface area contributed by atoms with Crippen LogP contribution in [0, 0.1) is 10.1 Å². The number of nitrogens with zero attached hydrogens (tertiary/aromatic N) is 3. The molecule has 32 heavy (non-hydrogen) atoms. The number of anilines is 4. The Balaban J connectivity index is 2.04. The third-order valence-corrected chi connectivity index (χ3v) is 5.79. The first-order valence-corrected chi connectivity index (χ1v) is 10.6. The van der Waals surface area contributed by atoms with Gasteiger partial charge in [0.25, 0.3) is 0 Å². The zero-order valence-corrected chi connectivity index (χ0v) is 18.1. The molecule has 2 aromatic carbocycles. The molecule has 0 aliphatic heterocycles. The zero-order chi connectivity index (χ0) is 23.3. The van der Waals surface area contributed by atoms with E-state index in [4.69, 9.17) is 9.47 Å². The molecule has 1 aromatic heterocycles. The molecule has 1 heterocycles. The largest absolute Gasteiger partial charge is 0.497 e. The molecule has 0 aliphatic rings. The number of hydrogen-bond acceptors (Lipinski definition) is 10. The molecule has 0 aliphatic carbocycles. The van der Waals surface area contributed by atoms with Gasteiger partial charge in [-0.2, -0.15) is 4.98 Å². The summed E-state index contributed by atoms with van der Waals surface area (Å²) in [6.07, 6.45) is 1.01. The highest BCUT2D eigenvalue weighted by Crippen LogP contribution is 2.33. The first-order chi connectivity index (χ1) is 15.3. The van der Waals surface area contributed by atoms with Crippen LogP contribution in [-0.4, -0.2) is 44.6 Å². The van der Waals surface area contributed by atoms with Crippen molar-refractivity contribution in [1.82, 2.24) is 14.7 Å². The number of para-hydroxylation sites is 1. The maximum atomic E-state index is 12.3. The van der Waals surface area contributed by atoms with Gasteiger partial charge in [-0.05, 0) is 31.3 Å². The Morgan fingerprint density at radius 3 is 2.44 bits per heavy atom. The van der Waals surface area contributed by atoms with Gasteiger partial charge in [0.2, 0.25) is 21.8 Å². The Labute approximate surface area is 183 Å². The minimum Gasteiger partial charge on any atom is -0.497 e. The molecule has 0 saturated carbocycles.